The van der Waals surface area contributed by atoms with Crippen molar-refractivity contribution >= 4 is 12.0 Å². The molecule has 0 amide bonds. The zero-order valence-corrected chi connectivity index (χ0v) is 10.4. The minimum Gasteiger partial charge on any atom is -0.310 e. The van der Waals surface area contributed by atoms with Gasteiger partial charge < -0.3 is 4.18 Å². The standard InChI is InChI=1S/C10H14OS.C2H6/c1-3-8-11-12-10-6-4-9(2)5-7-10;1-2/h4-7H,3,8H2,1-2H3;1-2H3. The molecule has 1 aromatic carbocycles. The molecule has 0 saturated carbocycles. The van der Waals surface area contributed by atoms with E-state index >= 15 is 0 Å². The van der Waals surface area contributed by atoms with Crippen molar-refractivity contribution in [3.8, 4) is 0 Å². The summed E-state index contributed by atoms with van der Waals surface area (Å²) in [6, 6.07) is 8.35. The number of rotatable bonds is 4. The molecule has 14 heavy (non-hydrogen) atoms. The average molecular weight is 212 g/mol. The highest BCUT2D eigenvalue weighted by Crippen LogP contribution is 2.19. The molecule has 0 atom stereocenters. The van der Waals surface area contributed by atoms with Gasteiger partial charge in [-0.1, -0.05) is 38.5 Å². The van der Waals surface area contributed by atoms with Crippen LogP contribution < -0.4 is 0 Å². The third kappa shape index (κ3) is 6.06. The van der Waals surface area contributed by atoms with Crippen LogP contribution in [0.4, 0.5) is 0 Å². The Morgan fingerprint density at radius 3 is 2.21 bits per heavy atom. The molecule has 0 aromatic heterocycles. The lowest BCUT2D eigenvalue weighted by Gasteiger charge is -2.00. The maximum absolute atomic E-state index is 5.33. The zero-order chi connectivity index (χ0) is 10.8. The number of aryl methyl sites for hydroxylation is 1. The number of hydrogen-bond donors (Lipinski definition) is 0. The molecule has 0 spiro atoms. The van der Waals surface area contributed by atoms with Gasteiger partial charge in [-0.25, -0.2) is 0 Å². The van der Waals surface area contributed by atoms with E-state index in [2.05, 4.69) is 38.1 Å². The van der Waals surface area contributed by atoms with E-state index in [1.807, 2.05) is 13.8 Å². The van der Waals surface area contributed by atoms with Gasteiger partial charge in [0.15, 0.2) is 0 Å². The fraction of sp³-hybridized carbons (Fsp3) is 0.500. The van der Waals surface area contributed by atoms with Gasteiger partial charge in [-0.3, -0.25) is 0 Å². The van der Waals surface area contributed by atoms with Crippen molar-refractivity contribution in [3.05, 3.63) is 29.8 Å². The molecular weight excluding hydrogens is 192 g/mol. The van der Waals surface area contributed by atoms with Crippen LogP contribution in [0.5, 0.6) is 0 Å². The van der Waals surface area contributed by atoms with E-state index in [1.165, 1.54) is 22.5 Å². The molecule has 1 rings (SSSR count). The van der Waals surface area contributed by atoms with Gasteiger partial charge in [0.1, 0.15) is 0 Å². The first kappa shape index (κ1) is 13.5. The molecule has 0 aliphatic rings. The van der Waals surface area contributed by atoms with Gasteiger partial charge >= 0.3 is 0 Å². The van der Waals surface area contributed by atoms with Crippen molar-refractivity contribution in [2.24, 2.45) is 0 Å². The highest BCUT2D eigenvalue weighted by molar-refractivity contribution is 7.94. The summed E-state index contributed by atoms with van der Waals surface area (Å²) in [5.41, 5.74) is 1.29. The average Bonchev–Trinajstić information content (AvgIpc) is 2.24. The van der Waals surface area contributed by atoms with Crippen molar-refractivity contribution < 1.29 is 4.18 Å². The summed E-state index contributed by atoms with van der Waals surface area (Å²) in [7, 11) is 0. The largest absolute Gasteiger partial charge is 0.310 e. The Balaban J connectivity index is 0.000000791. The van der Waals surface area contributed by atoms with E-state index in [1.54, 1.807) is 0 Å². The molecule has 80 valence electrons. The van der Waals surface area contributed by atoms with Gasteiger partial charge in [-0.2, -0.15) is 0 Å². The van der Waals surface area contributed by atoms with E-state index in [9.17, 15) is 0 Å². The fourth-order valence-electron chi connectivity index (χ4n) is 0.787. The maximum Gasteiger partial charge on any atom is 0.0615 e. The SMILES string of the molecule is CC.CCCOSc1ccc(C)cc1. The third-order valence-corrected chi connectivity index (χ3v) is 2.21. The number of benzene rings is 1. The molecule has 2 heteroatoms. The predicted octanol–water partition coefficient (Wildman–Crippen LogP) is 4.45. The van der Waals surface area contributed by atoms with Gasteiger partial charge in [0.05, 0.1) is 6.61 Å². The summed E-state index contributed by atoms with van der Waals surface area (Å²) in [5, 5.41) is 0. The monoisotopic (exact) mass is 212 g/mol. The van der Waals surface area contributed by atoms with E-state index in [0.717, 1.165) is 13.0 Å². The first-order valence-electron chi connectivity index (χ1n) is 5.19. The summed E-state index contributed by atoms with van der Waals surface area (Å²) >= 11 is 1.45. The van der Waals surface area contributed by atoms with Crippen molar-refractivity contribution in [1.82, 2.24) is 0 Å². The molecule has 0 radical (unpaired) electrons. The van der Waals surface area contributed by atoms with Crippen molar-refractivity contribution in [2.75, 3.05) is 6.61 Å². The van der Waals surface area contributed by atoms with Crippen molar-refractivity contribution in [3.63, 3.8) is 0 Å². The third-order valence-electron chi connectivity index (χ3n) is 1.46. The first-order chi connectivity index (χ1) is 6.83. The first-order valence-corrected chi connectivity index (χ1v) is 5.93. The Morgan fingerprint density at radius 1 is 1.14 bits per heavy atom. The molecular formula is C12H20OS. The summed E-state index contributed by atoms with van der Waals surface area (Å²) in [5.74, 6) is 0. The Labute approximate surface area is 92.1 Å². The molecule has 1 aromatic rings. The fourth-order valence-corrected chi connectivity index (χ4v) is 1.42. The maximum atomic E-state index is 5.33. The highest BCUT2D eigenvalue weighted by atomic mass is 32.2. The summed E-state index contributed by atoms with van der Waals surface area (Å²) in [6.07, 6.45) is 1.07. The molecule has 0 bridgehead atoms. The molecule has 1 nitrogen and oxygen atoms in total. The van der Waals surface area contributed by atoms with Crippen LogP contribution in [0.25, 0.3) is 0 Å². The van der Waals surface area contributed by atoms with Crippen molar-refractivity contribution in [2.45, 2.75) is 39.0 Å². The minimum absolute atomic E-state index is 0.818. The van der Waals surface area contributed by atoms with Crippen LogP contribution in [0, 0.1) is 6.92 Å². The Morgan fingerprint density at radius 2 is 1.71 bits per heavy atom. The number of hydrogen-bond acceptors (Lipinski definition) is 2. The lowest BCUT2D eigenvalue weighted by atomic mass is 10.2. The van der Waals surface area contributed by atoms with E-state index in [0.29, 0.717) is 0 Å². The predicted molar refractivity (Wildman–Crippen MR) is 64.6 cm³/mol. The normalized spacial score (nSPS) is 9.14. The van der Waals surface area contributed by atoms with Crippen LogP contribution in [-0.2, 0) is 4.18 Å². The molecule has 0 heterocycles. The molecule has 0 unspecified atom stereocenters. The van der Waals surface area contributed by atoms with E-state index < -0.39 is 0 Å². The smallest absolute Gasteiger partial charge is 0.0615 e. The molecule has 0 N–H and O–H groups in total. The van der Waals surface area contributed by atoms with Crippen LogP contribution in [0.15, 0.2) is 29.2 Å². The second kappa shape index (κ2) is 9.10. The van der Waals surface area contributed by atoms with E-state index in [4.69, 9.17) is 4.18 Å². The van der Waals surface area contributed by atoms with Crippen molar-refractivity contribution in [1.29, 1.82) is 0 Å². The molecule has 0 aliphatic carbocycles. The Hall–Kier alpha value is -0.470. The van der Waals surface area contributed by atoms with Crippen LogP contribution >= 0.6 is 12.0 Å². The lowest BCUT2D eigenvalue weighted by Crippen LogP contribution is -1.82. The highest BCUT2D eigenvalue weighted by Gasteiger charge is 1.92. The van der Waals surface area contributed by atoms with Gasteiger partial charge in [-0.15, -0.1) is 0 Å². The minimum atomic E-state index is 0.818. The van der Waals surface area contributed by atoms with Crippen LogP contribution in [0.1, 0.15) is 32.8 Å². The van der Waals surface area contributed by atoms with Gasteiger partial charge in [0.2, 0.25) is 0 Å². The second-order valence-electron chi connectivity index (χ2n) is 2.72. The van der Waals surface area contributed by atoms with Gasteiger partial charge in [0, 0.05) is 16.9 Å². The zero-order valence-electron chi connectivity index (χ0n) is 9.54. The lowest BCUT2D eigenvalue weighted by molar-refractivity contribution is 0.373. The van der Waals surface area contributed by atoms with Gasteiger partial charge in [-0.05, 0) is 25.5 Å². The quantitative estimate of drug-likeness (QED) is 0.538. The van der Waals surface area contributed by atoms with Crippen LogP contribution in [0.2, 0.25) is 0 Å². The van der Waals surface area contributed by atoms with Crippen LogP contribution in [-0.4, -0.2) is 6.61 Å². The summed E-state index contributed by atoms with van der Waals surface area (Å²) in [4.78, 5) is 1.18. The molecule has 0 saturated heterocycles. The van der Waals surface area contributed by atoms with Gasteiger partial charge in [0.25, 0.3) is 0 Å². The summed E-state index contributed by atoms with van der Waals surface area (Å²) in [6.45, 7) is 9.01. The Bertz CT molecular complexity index is 218. The molecule has 0 aliphatic heterocycles. The van der Waals surface area contributed by atoms with Crippen LogP contribution in [0.3, 0.4) is 0 Å². The summed E-state index contributed by atoms with van der Waals surface area (Å²) < 4.78 is 5.33. The molecule has 0 fully saturated rings. The second-order valence-corrected chi connectivity index (χ2v) is 3.59. The Kier molecular flexibility index (Phi) is 8.79. The van der Waals surface area contributed by atoms with E-state index in [-0.39, 0.29) is 0 Å². The topological polar surface area (TPSA) is 9.23 Å².